The summed E-state index contributed by atoms with van der Waals surface area (Å²) in [5, 5.41) is 17.1. The van der Waals surface area contributed by atoms with E-state index in [4.69, 9.17) is 9.90 Å². The van der Waals surface area contributed by atoms with Crippen LogP contribution in [0.3, 0.4) is 0 Å². The number of carboxylic acid groups (broad SMARTS) is 1. The fourth-order valence-corrected chi connectivity index (χ4v) is 2.23. The van der Waals surface area contributed by atoms with Crippen LogP contribution in [0.1, 0.15) is 45.4 Å². The predicted molar refractivity (Wildman–Crippen MR) is 49.5 cm³/mol. The van der Waals surface area contributed by atoms with Gasteiger partial charge in [0.2, 0.25) is 0 Å². The van der Waals surface area contributed by atoms with Crippen molar-refractivity contribution in [3.8, 4) is 0 Å². The molecule has 13 heavy (non-hydrogen) atoms. The van der Waals surface area contributed by atoms with Gasteiger partial charge in [0.05, 0.1) is 5.60 Å². The van der Waals surface area contributed by atoms with Crippen molar-refractivity contribution in [2.45, 2.75) is 51.0 Å². The first-order valence-electron chi connectivity index (χ1n) is 4.94. The Morgan fingerprint density at radius 1 is 1.23 bits per heavy atom. The van der Waals surface area contributed by atoms with Crippen molar-refractivity contribution in [1.82, 2.24) is 0 Å². The van der Waals surface area contributed by atoms with E-state index in [9.17, 15) is 5.11 Å². The van der Waals surface area contributed by atoms with Crippen LogP contribution in [0, 0.1) is 5.92 Å². The molecule has 0 saturated heterocycles. The quantitative estimate of drug-likeness (QED) is 0.606. The Bertz CT molecular complexity index is 163. The Balaban J connectivity index is 0.000000184. The van der Waals surface area contributed by atoms with Gasteiger partial charge < -0.3 is 10.2 Å². The highest BCUT2D eigenvalue weighted by molar-refractivity contribution is 5.62. The summed E-state index contributed by atoms with van der Waals surface area (Å²) in [4.78, 5) is 9.00. The van der Waals surface area contributed by atoms with Crippen molar-refractivity contribution in [2.24, 2.45) is 5.92 Å². The summed E-state index contributed by atoms with van der Waals surface area (Å²) in [6.07, 6.45) is 7.11. The zero-order valence-electron chi connectivity index (χ0n) is 8.12. The highest BCUT2D eigenvalue weighted by atomic mass is 16.4. The van der Waals surface area contributed by atoms with E-state index in [2.05, 4.69) is 0 Å². The molecule has 0 aromatic rings. The summed E-state index contributed by atoms with van der Waals surface area (Å²) in [6.45, 7) is 1.08. The third kappa shape index (κ3) is 3.35. The lowest BCUT2D eigenvalue weighted by Crippen LogP contribution is -2.39. The molecule has 0 atom stereocenters. The van der Waals surface area contributed by atoms with Gasteiger partial charge >= 0.3 is 0 Å². The Kier molecular flexibility index (Phi) is 3.31. The molecule has 0 spiro atoms. The third-order valence-corrected chi connectivity index (χ3v) is 3.05. The molecule has 2 N–H and O–H groups in total. The lowest BCUT2D eigenvalue weighted by Gasteiger charge is -2.42. The van der Waals surface area contributed by atoms with Crippen LogP contribution in [-0.4, -0.2) is 21.8 Å². The van der Waals surface area contributed by atoms with Gasteiger partial charge in [-0.25, -0.2) is 0 Å². The number of carbonyl (C=O) groups is 1. The molecule has 76 valence electrons. The van der Waals surface area contributed by atoms with Gasteiger partial charge in [0.25, 0.3) is 5.97 Å². The summed E-state index contributed by atoms with van der Waals surface area (Å²) < 4.78 is 0. The average Bonchev–Trinajstić information content (AvgIpc) is 2.04. The number of aliphatic carboxylic acids is 1. The van der Waals surface area contributed by atoms with Crippen LogP contribution in [0.25, 0.3) is 0 Å². The Labute approximate surface area is 78.8 Å². The molecule has 0 aromatic heterocycles. The Hall–Kier alpha value is -0.570. The van der Waals surface area contributed by atoms with E-state index in [0.717, 1.165) is 32.1 Å². The minimum absolute atomic E-state index is 0.214. The molecule has 2 bridgehead atoms. The highest BCUT2D eigenvalue weighted by Gasteiger charge is 2.38. The third-order valence-electron chi connectivity index (χ3n) is 3.05. The molecule has 3 saturated carbocycles. The maximum Gasteiger partial charge on any atom is 0.300 e. The fraction of sp³-hybridized carbons (Fsp3) is 0.900. The molecule has 0 aliphatic heterocycles. The van der Waals surface area contributed by atoms with Gasteiger partial charge in [0.1, 0.15) is 0 Å². The zero-order chi connectivity index (χ0) is 9.90. The van der Waals surface area contributed by atoms with Crippen molar-refractivity contribution in [3.63, 3.8) is 0 Å². The molecule has 0 radical (unpaired) electrons. The van der Waals surface area contributed by atoms with Crippen LogP contribution in [0.15, 0.2) is 0 Å². The summed E-state index contributed by atoms with van der Waals surface area (Å²) in [6, 6.07) is 0. The maximum absolute atomic E-state index is 9.72. The molecule has 0 aromatic carbocycles. The Morgan fingerprint density at radius 3 is 1.69 bits per heavy atom. The maximum atomic E-state index is 9.72. The van der Waals surface area contributed by atoms with Crippen molar-refractivity contribution in [2.75, 3.05) is 0 Å². The molecule has 3 aliphatic rings. The second-order valence-corrected chi connectivity index (χ2v) is 4.23. The first kappa shape index (κ1) is 10.5. The number of carboxylic acids is 1. The van der Waals surface area contributed by atoms with Crippen LogP contribution in [0.2, 0.25) is 0 Å². The van der Waals surface area contributed by atoms with Crippen molar-refractivity contribution < 1.29 is 15.0 Å². The lowest BCUT2D eigenvalue weighted by molar-refractivity contribution is -0.134. The molecule has 3 aliphatic carbocycles. The monoisotopic (exact) mass is 186 g/mol. The molecule has 0 unspecified atom stereocenters. The minimum Gasteiger partial charge on any atom is -0.481 e. The predicted octanol–water partition coefficient (Wildman–Crippen LogP) is 1.79. The van der Waals surface area contributed by atoms with Crippen molar-refractivity contribution in [3.05, 3.63) is 0 Å². The molecule has 0 amide bonds. The number of hydrogen-bond acceptors (Lipinski definition) is 2. The first-order chi connectivity index (χ1) is 6.02. The van der Waals surface area contributed by atoms with Gasteiger partial charge in [0, 0.05) is 6.92 Å². The normalized spacial score (nSPS) is 36.3. The van der Waals surface area contributed by atoms with Gasteiger partial charge in [-0.1, -0.05) is 0 Å². The molecular formula is C10H18O3. The number of aliphatic hydroxyl groups is 1. The molecular weight excluding hydrogens is 168 g/mol. The Morgan fingerprint density at radius 2 is 1.54 bits per heavy atom. The lowest BCUT2D eigenvalue weighted by atomic mass is 9.68. The molecule has 0 heterocycles. The van der Waals surface area contributed by atoms with E-state index in [0.29, 0.717) is 0 Å². The topological polar surface area (TPSA) is 57.5 Å². The van der Waals surface area contributed by atoms with Gasteiger partial charge in [-0.2, -0.15) is 0 Å². The molecule has 3 heteroatoms. The van der Waals surface area contributed by atoms with Crippen LogP contribution in [0.5, 0.6) is 0 Å². The van der Waals surface area contributed by atoms with Gasteiger partial charge in [-0.05, 0) is 44.4 Å². The van der Waals surface area contributed by atoms with Crippen molar-refractivity contribution >= 4 is 5.97 Å². The van der Waals surface area contributed by atoms with E-state index in [-0.39, 0.29) is 5.60 Å². The van der Waals surface area contributed by atoms with Crippen LogP contribution >= 0.6 is 0 Å². The summed E-state index contributed by atoms with van der Waals surface area (Å²) in [5.41, 5.74) is -0.214. The second-order valence-electron chi connectivity index (χ2n) is 4.23. The molecule has 3 rings (SSSR count). The van der Waals surface area contributed by atoms with Gasteiger partial charge in [-0.3, -0.25) is 4.79 Å². The van der Waals surface area contributed by atoms with Crippen LogP contribution in [0.4, 0.5) is 0 Å². The fourth-order valence-electron chi connectivity index (χ4n) is 2.23. The van der Waals surface area contributed by atoms with Gasteiger partial charge in [0.15, 0.2) is 0 Å². The minimum atomic E-state index is -0.833. The number of rotatable bonds is 0. The van der Waals surface area contributed by atoms with E-state index < -0.39 is 5.97 Å². The highest BCUT2D eigenvalue weighted by Crippen LogP contribution is 2.43. The van der Waals surface area contributed by atoms with E-state index in [1.165, 1.54) is 19.3 Å². The number of hydrogen-bond donors (Lipinski definition) is 2. The van der Waals surface area contributed by atoms with Crippen LogP contribution in [-0.2, 0) is 4.79 Å². The largest absolute Gasteiger partial charge is 0.481 e. The summed E-state index contributed by atoms with van der Waals surface area (Å²) in [7, 11) is 0. The SMILES string of the molecule is CC(=O)O.OC12CCC(CC1)CC2. The standard InChI is InChI=1S/C8H14O.C2H4O2/c9-8-4-1-7(2-5-8)3-6-8;1-2(3)4/h7,9H,1-6H2;1H3,(H,3,4). The van der Waals surface area contributed by atoms with Crippen molar-refractivity contribution in [1.29, 1.82) is 0 Å². The summed E-state index contributed by atoms with van der Waals surface area (Å²) >= 11 is 0. The zero-order valence-corrected chi connectivity index (χ0v) is 8.12. The van der Waals surface area contributed by atoms with Gasteiger partial charge in [-0.15, -0.1) is 0 Å². The second kappa shape index (κ2) is 4.09. The molecule has 3 nitrogen and oxygen atoms in total. The smallest absolute Gasteiger partial charge is 0.300 e. The number of fused-ring (bicyclic) bond motifs is 3. The van der Waals surface area contributed by atoms with E-state index >= 15 is 0 Å². The van der Waals surface area contributed by atoms with E-state index in [1.807, 2.05) is 0 Å². The van der Waals surface area contributed by atoms with Crippen LogP contribution < -0.4 is 0 Å². The average molecular weight is 186 g/mol. The van der Waals surface area contributed by atoms with E-state index in [1.54, 1.807) is 0 Å². The summed E-state index contributed by atoms with van der Waals surface area (Å²) in [5.74, 6) is 0.138. The first-order valence-corrected chi connectivity index (χ1v) is 4.94. The molecule has 3 fully saturated rings.